The Bertz CT molecular complexity index is 284. The lowest BCUT2D eigenvalue weighted by molar-refractivity contribution is 0.296. The van der Waals surface area contributed by atoms with Crippen molar-refractivity contribution in [3.63, 3.8) is 0 Å². The lowest BCUT2D eigenvalue weighted by atomic mass is 10.5. The molecule has 0 saturated heterocycles. The molecule has 0 unspecified atom stereocenters. The molecule has 1 aromatic heterocycles. The number of nitrogens with two attached hydrogens (primary N) is 1. The van der Waals surface area contributed by atoms with E-state index < -0.39 is 5.82 Å². The van der Waals surface area contributed by atoms with Gasteiger partial charge in [-0.25, -0.2) is 14.4 Å². The molecule has 4 nitrogen and oxygen atoms in total. The standard InChI is InChI=1S/C7H10FN3OS/c8-5-4-10-7(9)11-6(5)13-3-1-2-12/h4,12H,1-3H2,(H2,9,10,11). The maximum Gasteiger partial charge on any atom is 0.221 e. The molecule has 0 saturated carbocycles. The Morgan fingerprint density at radius 1 is 1.62 bits per heavy atom. The number of aliphatic hydroxyl groups excluding tert-OH is 1. The van der Waals surface area contributed by atoms with Crippen molar-refractivity contribution in [1.82, 2.24) is 9.97 Å². The third-order valence-corrected chi connectivity index (χ3v) is 2.32. The molecule has 0 aliphatic heterocycles. The van der Waals surface area contributed by atoms with Crippen LogP contribution in [0.5, 0.6) is 0 Å². The molecule has 0 spiro atoms. The number of aliphatic hydroxyl groups is 1. The predicted octanol–water partition coefficient (Wildman–Crippen LogP) is 0.672. The van der Waals surface area contributed by atoms with Crippen molar-refractivity contribution in [3.05, 3.63) is 12.0 Å². The fourth-order valence-electron chi connectivity index (χ4n) is 0.699. The van der Waals surface area contributed by atoms with Gasteiger partial charge in [0.2, 0.25) is 5.95 Å². The van der Waals surface area contributed by atoms with Crippen molar-refractivity contribution in [3.8, 4) is 0 Å². The van der Waals surface area contributed by atoms with Gasteiger partial charge < -0.3 is 10.8 Å². The van der Waals surface area contributed by atoms with Crippen LogP contribution < -0.4 is 5.73 Å². The van der Waals surface area contributed by atoms with E-state index in [1.165, 1.54) is 11.8 Å². The van der Waals surface area contributed by atoms with E-state index in [1.807, 2.05) is 0 Å². The first-order valence-electron chi connectivity index (χ1n) is 3.75. The number of aromatic nitrogens is 2. The number of nitrogen functional groups attached to an aromatic ring is 1. The van der Waals surface area contributed by atoms with E-state index in [4.69, 9.17) is 10.8 Å². The Balaban J connectivity index is 2.59. The zero-order valence-corrected chi connectivity index (χ0v) is 7.72. The fraction of sp³-hybridized carbons (Fsp3) is 0.429. The van der Waals surface area contributed by atoms with Crippen LogP contribution in [0, 0.1) is 5.82 Å². The normalized spacial score (nSPS) is 10.3. The van der Waals surface area contributed by atoms with Gasteiger partial charge >= 0.3 is 0 Å². The first-order chi connectivity index (χ1) is 6.24. The van der Waals surface area contributed by atoms with Crippen LogP contribution in [0.4, 0.5) is 10.3 Å². The molecule has 0 bridgehead atoms. The van der Waals surface area contributed by atoms with Gasteiger partial charge in [0.25, 0.3) is 0 Å². The molecule has 3 N–H and O–H groups in total. The molecule has 13 heavy (non-hydrogen) atoms. The maximum absolute atomic E-state index is 12.9. The first-order valence-corrected chi connectivity index (χ1v) is 4.74. The summed E-state index contributed by atoms with van der Waals surface area (Å²) in [6.07, 6.45) is 1.65. The Morgan fingerprint density at radius 2 is 2.38 bits per heavy atom. The molecular formula is C7H10FN3OS. The molecule has 0 aromatic carbocycles. The number of nitrogens with zero attached hydrogens (tertiary/aromatic N) is 2. The number of rotatable bonds is 4. The molecule has 1 aromatic rings. The monoisotopic (exact) mass is 203 g/mol. The van der Waals surface area contributed by atoms with Crippen LogP contribution in [-0.4, -0.2) is 27.4 Å². The smallest absolute Gasteiger partial charge is 0.221 e. The number of halogens is 1. The summed E-state index contributed by atoms with van der Waals surface area (Å²) in [5.74, 6) is 0.203. The Labute approximate surface area is 79.4 Å². The van der Waals surface area contributed by atoms with Crippen molar-refractivity contribution in [2.75, 3.05) is 18.1 Å². The highest BCUT2D eigenvalue weighted by Crippen LogP contribution is 2.19. The summed E-state index contributed by atoms with van der Waals surface area (Å²) in [4.78, 5) is 7.21. The lowest BCUT2D eigenvalue weighted by Crippen LogP contribution is -1.98. The van der Waals surface area contributed by atoms with E-state index in [0.717, 1.165) is 6.20 Å². The van der Waals surface area contributed by atoms with Crippen LogP contribution in [0.1, 0.15) is 6.42 Å². The van der Waals surface area contributed by atoms with Gasteiger partial charge in [0.1, 0.15) is 5.03 Å². The largest absolute Gasteiger partial charge is 0.396 e. The summed E-state index contributed by atoms with van der Waals surface area (Å²) < 4.78 is 12.9. The van der Waals surface area contributed by atoms with E-state index in [1.54, 1.807) is 0 Å². The Morgan fingerprint density at radius 3 is 3.08 bits per heavy atom. The molecule has 1 rings (SSSR count). The highest BCUT2D eigenvalue weighted by molar-refractivity contribution is 7.99. The van der Waals surface area contributed by atoms with Gasteiger partial charge in [-0.2, -0.15) is 0 Å². The quantitative estimate of drug-likeness (QED) is 0.427. The van der Waals surface area contributed by atoms with Crippen LogP contribution >= 0.6 is 11.8 Å². The predicted molar refractivity (Wildman–Crippen MR) is 48.8 cm³/mol. The Kier molecular flexibility index (Phi) is 3.91. The summed E-state index contributed by atoms with van der Waals surface area (Å²) in [6, 6.07) is 0. The average Bonchev–Trinajstić information content (AvgIpc) is 2.11. The van der Waals surface area contributed by atoms with E-state index in [0.29, 0.717) is 12.2 Å². The maximum atomic E-state index is 12.9. The Hall–Kier alpha value is -0.880. The van der Waals surface area contributed by atoms with Crippen molar-refractivity contribution in [2.24, 2.45) is 0 Å². The molecule has 6 heteroatoms. The molecule has 0 fully saturated rings. The number of hydrogen-bond donors (Lipinski definition) is 2. The molecule has 0 atom stereocenters. The van der Waals surface area contributed by atoms with Gasteiger partial charge in [0.15, 0.2) is 5.82 Å². The molecular weight excluding hydrogens is 193 g/mol. The lowest BCUT2D eigenvalue weighted by Gasteiger charge is -2.00. The van der Waals surface area contributed by atoms with E-state index in [-0.39, 0.29) is 17.6 Å². The van der Waals surface area contributed by atoms with Crippen molar-refractivity contribution in [2.45, 2.75) is 11.4 Å². The highest BCUT2D eigenvalue weighted by Gasteiger charge is 2.05. The van der Waals surface area contributed by atoms with E-state index >= 15 is 0 Å². The summed E-state index contributed by atoms with van der Waals surface area (Å²) in [5.41, 5.74) is 5.28. The number of hydrogen-bond acceptors (Lipinski definition) is 5. The molecule has 0 aliphatic carbocycles. The van der Waals surface area contributed by atoms with E-state index in [2.05, 4.69) is 9.97 Å². The summed E-state index contributed by atoms with van der Waals surface area (Å²) in [5, 5.41) is 8.74. The van der Waals surface area contributed by atoms with Gasteiger partial charge in [-0.15, -0.1) is 11.8 Å². The number of thioether (sulfide) groups is 1. The van der Waals surface area contributed by atoms with Crippen LogP contribution in [0.15, 0.2) is 11.2 Å². The fourth-order valence-corrected chi connectivity index (χ4v) is 1.51. The molecule has 1 heterocycles. The van der Waals surface area contributed by atoms with E-state index in [9.17, 15) is 4.39 Å². The third-order valence-electron chi connectivity index (χ3n) is 1.27. The van der Waals surface area contributed by atoms with Crippen LogP contribution in [-0.2, 0) is 0 Å². The summed E-state index contributed by atoms with van der Waals surface area (Å²) in [7, 11) is 0. The summed E-state index contributed by atoms with van der Waals surface area (Å²) in [6.45, 7) is 0.0924. The van der Waals surface area contributed by atoms with Gasteiger partial charge in [-0.1, -0.05) is 0 Å². The van der Waals surface area contributed by atoms with Crippen LogP contribution in [0.25, 0.3) is 0 Å². The van der Waals surface area contributed by atoms with Gasteiger partial charge in [0.05, 0.1) is 6.20 Å². The SMILES string of the molecule is Nc1ncc(F)c(SCCCO)n1. The van der Waals surface area contributed by atoms with Crippen molar-refractivity contribution >= 4 is 17.7 Å². The second kappa shape index (κ2) is 4.98. The second-order valence-electron chi connectivity index (χ2n) is 2.31. The van der Waals surface area contributed by atoms with Crippen LogP contribution in [0.2, 0.25) is 0 Å². The molecule has 72 valence electrons. The molecule has 0 aliphatic rings. The zero-order chi connectivity index (χ0) is 9.68. The van der Waals surface area contributed by atoms with Crippen molar-refractivity contribution in [1.29, 1.82) is 0 Å². The molecule has 0 amide bonds. The minimum atomic E-state index is -0.475. The van der Waals surface area contributed by atoms with Gasteiger partial charge in [-0.05, 0) is 6.42 Å². The summed E-state index contributed by atoms with van der Waals surface area (Å²) >= 11 is 1.22. The first kappa shape index (κ1) is 10.2. The highest BCUT2D eigenvalue weighted by atomic mass is 32.2. The van der Waals surface area contributed by atoms with Gasteiger partial charge in [0, 0.05) is 12.4 Å². The molecule has 0 radical (unpaired) electrons. The minimum Gasteiger partial charge on any atom is -0.396 e. The third kappa shape index (κ3) is 3.16. The number of anilines is 1. The zero-order valence-electron chi connectivity index (χ0n) is 6.90. The average molecular weight is 203 g/mol. The second-order valence-corrected chi connectivity index (χ2v) is 3.39. The van der Waals surface area contributed by atoms with Crippen molar-refractivity contribution < 1.29 is 9.50 Å². The van der Waals surface area contributed by atoms with Crippen LogP contribution in [0.3, 0.4) is 0 Å². The van der Waals surface area contributed by atoms with Gasteiger partial charge in [-0.3, -0.25) is 0 Å². The topological polar surface area (TPSA) is 72.0 Å². The minimum absolute atomic E-state index is 0.0629.